The maximum atomic E-state index is 11.4. The number of hydrogen-bond acceptors (Lipinski definition) is 2. The maximum absolute atomic E-state index is 11.4. The minimum atomic E-state index is 0.114. The Morgan fingerprint density at radius 3 is 2.88 bits per heavy atom. The molecule has 0 spiro atoms. The molecule has 0 aromatic heterocycles. The van der Waals surface area contributed by atoms with E-state index in [0.717, 1.165) is 23.0 Å². The molecule has 1 aliphatic carbocycles. The molecule has 0 heterocycles. The monoisotopic (exact) mass is 316 g/mol. The van der Waals surface area contributed by atoms with Crippen LogP contribution in [0.5, 0.6) is 0 Å². The number of halogens is 2. The molecule has 1 aromatic carbocycles. The highest BCUT2D eigenvalue weighted by atomic mass is 79.9. The predicted octanol–water partition coefficient (Wildman–Crippen LogP) is 3.18. The van der Waals surface area contributed by atoms with Crippen LogP contribution in [0.15, 0.2) is 22.7 Å². The smallest absolute Gasteiger partial charge is 0.221 e. The van der Waals surface area contributed by atoms with Crippen molar-refractivity contribution in [2.75, 3.05) is 11.9 Å². The van der Waals surface area contributed by atoms with Gasteiger partial charge in [-0.25, -0.2) is 0 Å². The predicted molar refractivity (Wildman–Crippen MR) is 73.4 cm³/mol. The van der Waals surface area contributed by atoms with E-state index in [1.807, 2.05) is 18.2 Å². The van der Waals surface area contributed by atoms with E-state index >= 15 is 0 Å². The Bertz CT molecular complexity index is 421. The van der Waals surface area contributed by atoms with Gasteiger partial charge in [0.05, 0.1) is 5.02 Å². The number of anilines is 1. The molecule has 1 fully saturated rings. The van der Waals surface area contributed by atoms with Crippen LogP contribution in [0, 0.1) is 0 Å². The fraction of sp³-hybridized carbons (Fsp3) is 0.417. The third-order valence-electron chi connectivity index (χ3n) is 2.54. The van der Waals surface area contributed by atoms with Gasteiger partial charge in [0, 0.05) is 29.2 Å². The Morgan fingerprint density at radius 1 is 1.47 bits per heavy atom. The normalized spacial score (nSPS) is 14.5. The van der Waals surface area contributed by atoms with Gasteiger partial charge in [-0.3, -0.25) is 4.79 Å². The second-order valence-electron chi connectivity index (χ2n) is 4.15. The molecule has 0 unspecified atom stereocenters. The molecule has 0 radical (unpaired) electrons. The number of carbonyl (C=O) groups excluding carboxylic acids is 1. The van der Waals surface area contributed by atoms with Gasteiger partial charge in [0.15, 0.2) is 0 Å². The minimum Gasteiger partial charge on any atom is -0.384 e. The van der Waals surface area contributed by atoms with Gasteiger partial charge in [-0.15, -0.1) is 0 Å². The standard InChI is InChI=1S/C12H14BrClN2O/c13-10-4-3-9(7-11(10)14)15-6-5-12(17)16-8-1-2-8/h3-4,7-8,15H,1-2,5-6H2,(H,16,17). The zero-order valence-corrected chi connectivity index (χ0v) is 11.6. The summed E-state index contributed by atoms with van der Waals surface area (Å²) in [4.78, 5) is 11.4. The average molecular weight is 318 g/mol. The van der Waals surface area contributed by atoms with Crippen LogP contribution in [0.3, 0.4) is 0 Å². The molecule has 2 N–H and O–H groups in total. The van der Waals surface area contributed by atoms with Crippen molar-refractivity contribution in [2.45, 2.75) is 25.3 Å². The molecule has 5 heteroatoms. The quantitative estimate of drug-likeness (QED) is 0.876. The molecule has 0 saturated heterocycles. The lowest BCUT2D eigenvalue weighted by Gasteiger charge is -2.07. The van der Waals surface area contributed by atoms with Crippen LogP contribution in [-0.2, 0) is 4.79 Å². The van der Waals surface area contributed by atoms with Gasteiger partial charge in [-0.2, -0.15) is 0 Å². The highest BCUT2D eigenvalue weighted by Gasteiger charge is 2.22. The fourth-order valence-electron chi connectivity index (χ4n) is 1.45. The summed E-state index contributed by atoms with van der Waals surface area (Å²) >= 11 is 9.30. The lowest BCUT2D eigenvalue weighted by atomic mass is 10.3. The van der Waals surface area contributed by atoms with Gasteiger partial charge in [0.25, 0.3) is 0 Å². The highest BCUT2D eigenvalue weighted by Crippen LogP contribution is 2.25. The van der Waals surface area contributed by atoms with E-state index < -0.39 is 0 Å². The third kappa shape index (κ3) is 4.21. The molecule has 2 rings (SSSR count). The summed E-state index contributed by atoms with van der Waals surface area (Å²) in [6.07, 6.45) is 2.74. The molecule has 0 atom stereocenters. The van der Waals surface area contributed by atoms with Crippen molar-refractivity contribution in [3.8, 4) is 0 Å². The number of amides is 1. The van der Waals surface area contributed by atoms with Crippen molar-refractivity contribution in [1.82, 2.24) is 5.32 Å². The van der Waals surface area contributed by atoms with Crippen molar-refractivity contribution in [3.05, 3.63) is 27.7 Å². The van der Waals surface area contributed by atoms with E-state index in [9.17, 15) is 4.79 Å². The third-order valence-corrected chi connectivity index (χ3v) is 3.78. The topological polar surface area (TPSA) is 41.1 Å². The van der Waals surface area contributed by atoms with Crippen LogP contribution < -0.4 is 10.6 Å². The highest BCUT2D eigenvalue weighted by molar-refractivity contribution is 9.10. The van der Waals surface area contributed by atoms with E-state index in [1.54, 1.807) is 0 Å². The van der Waals surface area contributed by atoms with Gasteiger partial charge in [0.2, 0.25) is 5.91 Å². The van der Waals surface area contributed by atoms with Crippen LogP contribution in [0.4, 0.5) is 5.69 Å². The largest absolute Gasteiger partial charge is 0.384 e. The Hall–Kier alpha value is -0.740. The Labute approximate surface area is 114 Å². The van der Waals surface area contributed by atoms with E-state index in [-0.39, 0.29) is 5.91 Å². The first-order valence-corrected chi connectivity index (χ1v) is 6.80. The molecule has 0 bridgehead atoms. The first-order valence-electron chi connectivity index (χ1n) is 5.63. The van der Waals surface area contributed by atoms with E-state index in [2.05, 4.69) is 26.6 Å². The molecule has 3 nitrogen and oxygen atoms in total. The van der Waals surface area contributed by atoms with Gasteiger partial charge >= 0.3 is 0 Å². The van der Waals surface area contributed by atoms with Crippen molar-refractivity contribution in [1.29, 1.82) is 0 Å². The van der Waals surface area contributed by atoms with E-state index in [0.29, 0.717) is 24.0 Å². The summed E-state index contributed by atoms with van der Waals surface area (Å²) in [6, 6.07) is 6.08. The summed E-state index contributed by atoms with van der Waals surface area (Å²) in [6.45, 7) is 0.622. The van der Waals surface area contributed by atoms with Crippen molar-refractivity contribution in [3.63, 3.8) is 0 Å². The molecular formula is C12H14BrClN2O. The summed E-state index contributed by atoms with van der Waals surface area (Å²) in [5.41, 5.74) is 0.928. The van der Waals surface area contributed by atoms with E-state index in [4.69, 9.17) is 11.6 Å². The summed E-state index contributed by atoms with van der Waals surface area (Å²) < 4.78 is 0.871. The van der Waals surface area contributed by atoms with Gasteiger partial charge < -0.3 is 10.6 Å². The summed E-state index contributed by atoms with van der Waals surface area (Å²) in [5.74, 6) is 0.114. The fourth-order valence-corrected chi connectivity index (χ4v) is 1.88. The van der Waals surface area contributed by atoms with Crippen LogP contribution in [0.1, 0.15) is 19.3 Å². The zero-order chi connectivity index (χ0) is 12.3. The molecule has 1 aromatic rings. The van der Waals surface area contributed by atoms with E-state index in [1.165, 1.54) is 0 Å². The molecule has 1 saturated carbocycles. The summed E-state index contributed by atoms with van der Waals surface area (Å²) in [5, 5.41) is 6.78. The number of hydrogen-bond donors (Lipinski definition) is 2. The van der Waals surface area contributed by atoms with Crippen molar-refractivity contribution < 1.29 is 4.79 Å². The number of rotatable bonds is 5. The molecule has 92 valence electrons. The van der Waals surface area contributed by atoms with Crippen molar-refractivity contribution in [2.24, 2.45) is 0 Å². The Kier molecular flexibility index (Phi) is 4.29. The first-order chi connectivity index (χ1) is 8.15. The van der Waals surface area contributed by atoms with Crippen LogP contribution in [-0.4, -0.2) is 18.5 Å². The average Bonchev–Trinajstić information content (AvgIpc) is 3.07. The van der Waals surface area contributed by atoms with Crippen LogP contribution >= 0.6 is 27.5 Å². The zero-order valence-electron chi connectivity index (χ0n) is 9.30. The van der Waals surface area contributed by atoms with Crippen molar-refractivity contribution >= 4 is 39.1 Å². The minimum absolute atomic E-state index is 0.114. The van der Waals surface area contributed by atoms with Gasteiger partial charge in [-0.05, 0) is 47.0 Å². The molecular weight excluding hydrogens is 304 g/mol. The van der Waals surface area contributed by atoms with Crippen LogP contribution in [0.25, 0.3) is 0 Å². The molecule has 1 amide bonds. The second-order valence-corrected chi connectivity index (χ2v) is 5.41. The molecule has 0 aliphatic heterocycles. The molecule has 1 aliphatic rings. The Morgan fingerprint density at radius 2 is 2.24 bits per heavy atom. The summed E-state index contributed by atoms with van der Waals surface area (Å²) in [7, 11) is 0. The number of benzene rings is 1. The van der Waals surface area contributed by atoms with Crippen LogP contribution in [0.2, 0.25) is 5.02 Å². The Balaban J connectivity index is 1.73. The first kappa shape index (κ1) is 12.7. The maximum Gasteiger partial charge on any atom is 0.221 e. The number of carbonyl (C=O) groups is 1. The lowest BCUT2D eigenvalue weighted by Crippen LogP contribution is -2.27. The SMILES string of the molecule is O=C(CCNc1ccc(Br)c(Cl)c1)NC1CC1. The second kappa shape index (κ2) is 5.74. The van der Waals surface area contributed by atoms with Gasteiger partial charge in [0.1, 0.15) is 0 Å². The lowest BCUT2D eigenvalue weighted by molar-refractivity contribution is -0.120. The molecule has 17 heavy (non-hydrogen) atoms. The van der Waals surface area contributed by atoms with Gasteiger partial charge in [-0.1, -0.05) is 11.6 Å². The number of nitrogens with one attached hydrogen (secondary N) is 2.